The highest BCUT2D eigenvalue weighted by molar-refractivity contribution is 9.10. The van der Waals surface area contributed by atoms with E-state index < -0.39 is 0 Å². The van der Waals surface area contributed by atoms with Crippen molar-refractivity contribution >= 4 is 21.8 Å². The van der Waals surface area contributed by atoms with Crippen molar-refractivity contribution in [3.63, 3.8) is 0 Å². The van der Waals surface area contributed by atoms with Crippen molar-refractivity contribution in [3.8, 4) is 11.5 Å². The van der Waals surface area contributed by atoms with E-state index >= 15 is 0 Å². The molecule has 0 aliphatic carbocycles. The fourth-order valence-corrected chi connectivity index (χ4v) is 3.58. The van der Waals surface area contributed by atoms with Crippen molar-refractivity contribution in [2.75, 3.05) is 33.0 Å². The zero-order chi connectivity index (χ0) is 18.1. The highest BCUT2D eigenvalue weighted by atomic mass is 79.9. The summed E-state index contributed by atoms with van der Waals surface area (Å²) in [6.45, 7) is 6.56. The number of aromatic nitrogens is 2. The third kappa shape index (κ3) is 3.71. The quantitative estimate of drug-likeness (QED) is 0.756. The Morgan fingerprint density at radius 3 is 2.69 bits per heavy atom. The molecule has 2 aliphatic heterocycles. The molecule has 1 aromatic heterocycles. The predicted octanol–water partition coefficient (Wildman–Crippen LogP) is 2.03. The molecule has 0 radical (unpaired) electrons. The molecule has 0 N–H and O–H groups in total. The molecule has 3 heterocycles. The molecule has 2 aliphatic rings. The first-order valence-electron chi connectivity index (χ1n) is 8.67. The number of amides is 1. The van der Waals surface area contributed by atoms with Gasteiger partial charge in [0.05, 0.1) is 10.2 Å². The maximum absolute atomic E-state index is 12.5. The average molecular weight is 421 g/mol. The van der Waals surface area contributed by atoms with Gasteiger partial charge in [0.15, 0.2) is 11.5 Å². The first-order chi connectivity index (χ1) is 12.6. The Balaban J connectivity index is 1.29. The Morgan fingerprint density at radius 1 is 1.19 bits per heavy atom. The third-order valence-electron chi connectivity index (χ3n) is 4.75. The molecule has 1 saturated heterocycles. The zero-order valence-electron chi connectivity index (χ0n) is 14.7. The minimum atomic E-state index is 0.114. The van der Waals surface area contributed by atoms with Gasteiger partial charge < -0.3 is 14.4 Å². The van der Waals surface area contributed by atoms with Gasteiger partial charge in [-0.1, -0.05) is 6.07 Å². The van der Waals surface area contributed by atoms with Crippen LogP contribution in [0.2, 0.25) is 0 Å². The van der Waals surface area contributed by atoms with Gasteiger partial charge in [-0.3, -0.25) is 14.4 Å². The second kappa shape index (κ2) is 7.28. The Labute approximate surface area is 160 Å². The fraction of sp³-hybridized carbons (Fsp3) is 0.444. The minimum absolute atomic E-state index is 0.114. The Kier molecular flexibility index (Phi) is 4.86. The summed E-state index contributed by atoms with van der Waals surface area (Å²) < 4.78 is 13.4. The lowest BCUT2D eigenvalue weighted by molar-refractivity contribution is -0.133. The van der Waals surface area contributed by atoms with Crippen LogP contribution in [0.5, 0.6) is 11.5 Å². The van der Waals surface area contributed by atoms with E-state index in [0.29, 0.717) is 6.79 Å². The number of hydrogen-bond acceptors (Lipinski definition) is 5. The first kappa shape index (κ1) is 17.4. The number of hydrogen-bond donors (Lipinski definition) is 0. The fourth-order valence-electron chi connectivity index (χ4n) is 3.27. The van der Waals surface area contributed by atoms with Crippen molar-refractivity contribution in [1.82, 2.24) is 19.6 Å². The number of aryl methyl sites for hydroxylation is 1. The third-order valence-corrected chi connectivity index (χ3v) is 5.53. The van der Waals surface area contributed by atoms with Gasteiger partial charge in [0.2, 0.25) is 12.7 Å². The van der Waals surface area contributed by atoms with Gasteiger partial charge in [-0.25, -0.2) is 0 Å². The molecule has 8 heteroatoms. The van der Waals surface area contributed by atoms with Crippen LogP contribution in [0.1, 0.15) is 11.3 Å². The first-order valence-corrected chi connectivity index (χ1v) is 9.46. The van der Waals surface area contributed by atoms with Gasteiger partial charge in [0.25, 0.3) is 0 Å². The molecule has 0 atom stereocenters. The Bertz CT molecular complexity index is 795. The molecule has 138 valence electrons. The maximum Gasteiger partial charge on any atom is 0.244 e. The summed E-state index contributed by atoms with van der Waals surface area (Å²) in [5, 5.41) is 4.33. The van der Waals surface area contributed by atoms with Crippen LogP contribution in [0.3, 0.4) is 0 Å². The lowest BCUT2D eigenvalue weighted by Crippen LogP contribution is -2.49. The Morgan fingerprint density at radius 2 is 1.96 bits per heavy atom. The minimum Gasteiger partial charge on any atom is -0.454 e. The predicted molar refractivity (Wildman–Crippen MR) is 99.1 cm³/mol. The summed E-state index contributed by atoms with van der Waals surface area (Å²) in [6.07, 6.45) is 1.85. The van der Waals surface area contributed by atoms with Gasteiger partial charge in [-0.05, 0) is 40.5 Å². The van der Waals surface area contributed by atoms with Crippen molar-refractivity contribution < 1.29 is 14.3 Å². The summed E-state index contributed by atoms with van der Waals surface area (Å²) in [4.78, 5) is 16.8. The molecule has 1 fully saturated rings. The SMILES string of the molecule is Cc1nn(CC(=O)N2CCN(Cc3ccc4c(c3)OCO4)CC2)cc1Br. The number of nitrogens with zero attached hydrogens (tertiary/aromatic N) is 4. The number of benzene rings is 1. The van der Waals surface area contributed by atoms with Gasteiger partial charge in [0, 0.05) is 38.9 Å². The molecule has 0 bridgehead atoms. The second-order valence-electron chi connectivity index (χ2n) is 6.60. The largest absolute Gasteiger partial charge is 0.454 e. The highest BCUT2D eigenvalue weighted by Gasteiger charge is 2.22. The van der Waals surface area contributed by atoms with Crippen LogP contribution in [0.4, 0.5) is 0 Å². The van der Waals surface area contributed by atoms with Crippen LogP contribution in [0.25, 0.3) is 0 Å². The van der Waals surface area contributed by atoms with Crippen molar-refractivity contribution in [2.45, 2.75) is 20.0 Å². The topological polar surface area (TPSA) is 59.8 Å². The lowest BCUT2D eigenvalue weighted by Gasteiger charge is -2.34. The van der Waals surface area contributed by atoms with E-state index in [-0.39, 0.29) is 12.5 Å². The second-order valence-corrected chi connectivity index (χ2v) is 7.46. The lowest BCUT2D eigenvalue weighted by atomic mass is 10.1. The number of ether oxygens (including phenoxy) is 2. The number of fused-ring (bicyclic) bond motifs is 1. The van der Waals surface area contributed by atoms with Gasteiger partial charge in [0.1, 0.15) is 6.54 Å². The number of halogens is 1. The average Bonchev–Trinajstić information content (AvgIpc) is 3.21. The van der Waals surface area contributed by atoms with Crippen LogP contribution >= 0.6 is 15.9 Å². The van der Waals surface area contributed by atoms with Gasteiger partial charge in [-0.2, -0.15) is 5.10 Å². The van der Waals surface area contributed by atoms with Crippen LogP contribution < -0.4 is 9.47 Å². The van der Waals surface area contributed by atoms with E-state index in [9.17, 15) is 4.79 Å². The van der Waals surface area contributed by atoms with Crippen LogP contribution in [-0.2, 0) is 17.9 Å². The summed E-state index contributed by atoms with van der Waals surface area (Å²) in [6, 6.07) is 6.07. The molecule has 26 heavy (non-hydrogen) atoms. The normalized spacial score (nSPS) is 16.9. The Hall–Kier alpha value is -2.06. The summed E-state index contributed by atoms with van der Waals surface area (Å²) in [5.74, 6) is 1.74. The van der Waals surface area contributed by atoms with Crippen molar-refractivity contribution in [3.05, 3.63) is 40.1 Å². The molecule has 4 rings (SSSR count). The molecule has 0 spiro atoms. The highest BCUT2D eigenvalue weighted by Crippen LogP contribution is 2.32. The molecule has 7 nitrogen and oxygen atoms in total. The van der Waals surface area contributed by atoms with Crippen molar-refractivity contribution in [2.24, 2.45) is 0 Å². The molecule has 0 unspecified atom stereocenters. The van der Waals surface area contributed by atoms with E-state index in [1.807, 2.05) is 30.2 Å². The van der Waals surface area contributed by atoms with E-state index in [1.54, 1.807) is 4.68 Å². The summed E-state index contributed by atoms with van der Waals surface area (Å²) in [7, 11) is 0. The number of carbonyl (C=O) groups is 1. The molecule has 1 aromatic carbocycles. The van der Waals surface area contributed by atoms with Crippen LogP contribution in [0, 0.1) is 6.92 Å². The molecular formula is C18H21BrN4O3. The van der Waals surface area contributed by atoms with Crippen LogP contribution in [-0.4, -0.2) is 58.5 Å². The van der Waals surface area contributed by atoms with E-state index in [1.165, 1.54) is 5.56 Å². The van der Waals surface area contributed by atoms with Gasteiger partial charge in [-0.15, -0.1) is 0 Å². The summed E-state index contributed by atoms with van der Waals surface area (Å²) in [5.41, 5.74) is 2.09. The molecule has 2 aromatic rings. The van der Waals surface area contributed by atoms with E-state index in [2.05, 4.69) is 32.0 Å². The van der Waals surface area contributed by atoms with E-state index in [0.717, 1.165) is 54.4 Å². The smallest absolute Gasteiger partial charge is 0.244 e. The monoisotopic (exact) mass is 420 g/mol. The molecule has 1 amide bonds. The van der Waals surface area contributed by atoms with Crippen molar-refractivity contribution in [1.29, 1.82) is 0 Å². The van der Waals surface area contributed by atoms with Gasteiger partial charge >= 0.3 is 0 Å². The zero-order valence-corrected chi connectivity index (χ0v) is 16.2. The molecule has 0 saturated carbocycles. The van der Waals surface area contributed by atoms with E-state index in [4.69, 9.17) is 9.47 Å². The number of piperazine rings is 1. The maximum atomic E-state index is 12.5. The molecular weight excluding hydrogens is 400 g/mol. The number of rotatable bonds is 4. The van der Waals surface area contributed by atoms with Crippen LogP contribution in [0.15, 0.2) is 28.9 Å². The summed E-state index contributed by atoms with van der Waals surface area (Å²) >= 11 is 3.43. The standard InChI is InChI=1S/C18H21BrN4O3/c1-13-15(19)10-23(20-13)11-18(24)22-6-4-21(5-7-22)9-14-2-3-16-17(8-14)26-12-25-16/h2-3,8,10H,4-7,9,11-12H2,1H3. The number of carbonyl (C=O) groups excluding carboxylic acids is 1.